The summed E-state index contributed by atoms with van der Waals surface area (Å²) in [5, 5.41) is 4.05. The van der Waals surface area contributed by atoms with Gasteiger partial charge in [-0.25, -0.2) is 14.4 Å². The third-order valence-corrected chi connectivity index (χ3v) is 3.73. The number of hydrogen-bond acceptors (Lipinski definition) is 6. The Hall–Kier alpha value is -1.99. The summed E-state index contributed by atoms with van der Waals surface area (Å²) in [7, 11) is 1.44. The standard InChI is InChI=1S/C15H19FN4O2/c1-21-14-8-11-13(9-12(14)16)18-10-19-15(11)17-2-3-20-4-6-22-7-5-20/h8-10H,2-7H2,1H3,(H,17,18,19). The molecule has 22 heavy (non-hydrogen) atoms. The molecule has 6 nitrogen and oxygen atoms in total. The van der Waals surface area contributed by atoms with Gasteiger partial charge in [0.05, 0.1) is 25.8 Å². The van der Waals surface area contributed by atoms with Crippen molar-refractivity contribution >= 4 is 16.7 Å². The van der Waals surface area contributed by atoms with Crippen LogP contribution in [0.25, 0.3) is 10.9 Å². The molecule has 0 aliphatic carbocycles. The number of morpholine rings is 1. The van der Waals surface area contributed by atoms with Crippen molar-refractivity contribution in [2.24, 2.45) is 0 Å². The molecular formula is C15H19FN4O2. The molecule has 1 N–H and O–H groups in total. The molecule has 1 aromatic heterocycles. The zero-order valence-corrected chi connectivity index (χ0v) is 12.5. The van der Waals surface area contributed by atoms with E-state index < -0.39 is 5.82 Å². The predicted molar refractivity (Wildman–Crippen MR) is 81.8 cm³/mol. The molecule has 0 unspecified atom stereocenters. The molecule has 2 heterocycles. The van der Waals surface area contributed by atoms with Gasteiger partial charge in [-0.2, -0.15) is 0 Å². The summed E-state index contributed by atoms with van der Waals surface area (Å²) in [6.45, 7) is 5.13. The van der Waals surface area contributed by atoms with E-state index >= 15 is 0 Å². The van der Waals surface area contributed by atoms with E-state index in [0.29, 0.717) is 11.3 Å². The lowest BCUT2D eigenvalue weighted by Crippen LogP contribution is -2.39. The molecule has 118 valence electrons. The molecule has 1 aromatic carbocycles. The number of anilines is 1. The van der Waals surface area contributed by atoms with Crippen LogP contribution in [0.5, 0.6) is 5.75 Å². The van der Waals surface area contributed by atoms with Gasteiger partial charge in [0.25, 0.3) is 0 Å². The van der Waals surface area contributed by atoms with Crippen molar-refractivity contribution < 1.29 is 13.9 Å². The second-order valence-electron chi connectivity index (χ2n) is 5.11. The Bertz CT molecular complexity index is 647. The van der Waals surface area contributed by atoms with Gasteiger partial charge >= 0.3 is 0 Å². The highest BCUT2D eigenvalue weighted by atomic mass is 19.1. The fourth-order valence-electron chi connectivity index (χ4n) is 2.51. The maximum absolute atomic E-state index is 13.7. The summed E-state index contributed by atoms with van der Waals surface area (Å²) < 4.78 is 24.1. The monoisotopic (exact) mass is 306 g/mol. The van der Waals surface area contributed by atoms with Crippen LogP contribution in [0.15, 0.2) is 18.5 Å². The third kappa shape index (κ3) is 3.26. The number of halogens is 1. The first-order valence-corrected chi connectivity index (χ1v) is 7.30. The molecule has 1 aliphatic rings. The second kappa shape index (κ2) is 6.85. The number of nitrogens with zero attached hydrogens (tertiary/aromatic N) is 3. The molecule has 0 amide bonds. The molecule has 1 saturated heterocycles. The van der Waals surface area contributed by atoms with Crippen molar-refractivity contribution in [2.45, 2.75) is 0 Å². The first kappa shape index (κ1) is 14.9. The number of benzene rings is 1. The van der Waals surface area contributed by atoms with Gasteiger partial charge in [0, 0.05) is 37.6 Å². The fourth-order valence-corrected chi connectivity index (χ4v) is 2.51. The summed E-state index contributed by atoms with van der Waals surface area (Å²) in [4.78, 5) is 10.7. The smallest absolute Gasteiger partial charge is 0.167 e. The van der Waals surface area contributed by atoms with E-state index in [1.54, 1.807) is 6.07 Å². The molecule has 0 spiro atoms. The van der Waals surface area contributed by atoms with Gasteiger partial charge in [0.15, 0.2) is 11.6 Å². The topological polar surface area (TPSA) is 59.5 Å². The highest BCUT2D eigenvalue weighted by Crippen LogP contribution is 2.27. The Morgan fingerprint density at radius 2 is 2.14 bits per heavy atom. The van der Waals surface area contributed by atoms with E-state index in [1.165, 1.54) is 19.5 Å². The zero-order valence-electron chi connectivity index (χ0n) is 12.5. The quantitative estimate of drug-likeness (QED) is 0.904. The van der Waals surface area contributed by atoms with Crippen molar-refractivity contribution in [1.82, 2.24) is 14.9 Å². The highest BCUT2D eigenvalue weighted by Gasteiger charge is 2.12. The lowest BCUT2D eigenvalue weighted by atomic mass is 10.2. The minimum atomic E-state index is -0.423. The van der Waals surface area contributed by atoms with Crippen LogP contribution in [0, 0.1) is 5.82 Å². The molecule has 1 aliphatic heterocycles. The Morgan fingerprint density at radius 3 is 2.91 bits per heavy atom. The predicted octanol–water partition coefficient (Wildman–Crippen LogP) is 1.52. The molecule has 1 fully saturated rings. The van der Waals surface area contributed by atoms with E-state index in [1.807, 2.05) is 0 Å². The summed E-state index contributed by atoms with van der Waals surface area (Å²) in [5.41, 5.74) is 0.558. The van der Waals surface area contributed by atoms with E-state index in [4.69, 9.17) is 9.47 Å². The molecule has 0 saturated carbocycles. The highest BCUT2D eigenvalue weighted by molar-refractivity contribution is 5.90. The average Bonchev–Trinajstić information content (AvgIpc) is 2.55. The van der Waals surface area contributed by atoms with Crippen LogP contribution < -0.4 is 10.1 Å². The number of rotatable bonds is 5. The molecule has 3 rings (SSSR count). The van der Waals surface area contributed by atoms with Crippen LogP contribution >= 0.6 is 0 Å². The average molecular weight is 306 g/mol. The molecular weight excluding hydrogens is 287 g/mol. The number of nitrogens with one attached hydrogen (secondary N) is 1. The van der Waals surface area contributed by atoms with E-state index in [9.17, 15) is 4.39 Å². The first-order chi connectivity index (χ1) is 10.8. The molecule has 0 radical (unpaired) electrons. The molecule has 0 atom stereocenters. The molecule has 2 aromatic rings. The van der Waals surface area contributed by atoms with Crippen molar-refractivity contribution in [1.29, 1.82) is 0 Å². The number of methoxy groups -OCH3 is 1. The lowest BCUT2D eigenvalue weighted by molar-refractivity contribution is 0.0398. The summed E-state index contributed by atoms with van der Waals surface area (Å²) >= 11 is 0. The van der Waals surface area contributed by atoms with Crippen LogP contribution in [0.4, 0.5) is 10.2 Å². The Balaban J connectivity index is 1.72. The van der Waals surface area contributed by atoms with Gasteiger partial charge in [-0.05, 0) is 6.07 Å². The van der Waals surface area contributed by atoms with Crippen LogP contribution in [0.3, 0.4) is 0 Å². The van der Waals surface area contributed by atoms with Gasteiger partial charge < -0.3 is 14.8 Å². The number of hydrogen-bond donors (Lipinski definition) is 1. The normalized spacial score (nSPS) is 15.9. The van der Waals surface area contributed by atoms with Gasteiger partial charge in [-0.3, -0.25) is 4.90 Å². The fraction of sp³-hybridized carbons (Fsp3) is 0.467. The molecule has 0 bridgehead atoms. The van der Waals surface area contributed by atoms with Gasteiger partial charge in [0.2, 0.25) is 0 Å². The summed E-state index contributed by atoms with van der Waals surface area (Å²) in [5.74, 6) is 0.461. The van der Waals surface area contributed by atoms with Crippen molar-refractivity contribution in [3.05, 3.63) is 24.3 Å². The molecule has 7 heteroatoms. The maximum Gasteiger partial charge on any atom is 0.167 e. The Kier molecular flexibility index (Phi) is 4.65. The van der Waals surface area contributed by atoms with Gasteiger partial charge in [-0.15, -0.1) is 0 Å². The van der Waals surface area contributed by atoms with Crippen molar-refractivity contribution in [2.75, 3.05) is 51.8 Å². The maximum atomic E-state index is 13.7. The van der Waals surface area contributed by atoms with E-state index in [0.717, 1.165) is 44.8 Å². The Morgan fingerprint density at radius 1 is 1.32 bits per heavy atom. The SMILES string of the molecule is COc1cc2c(NCCN3CCOCC3)ncnc2cc1F. The van der Waals surface area contributed by atoms with Gasteiger partial charge in [-0.1, -0.05) is 0 Å². The Labute approximate surface area is 128 Å². The first-order valence-electron chi connectivity index (χ1n) is 7.30. The summed E-state index contributed by atoms with van der Waals surface area (Å²) in [6, 6.07) is 2.99. The van der Waals surface area contributed by atoms with Crippen molar-refractivity contribution in [3.8, 4) is 5.75 Å². The summed E-state index contributed by atoms with van der Waals surface area (Å²) in [6.07, 6.45) is 1.44. The zero-order chi connectivity index (χ0) is 15.4. The van der Waals surface area contributed by atoms with Crippen LogP contribution in [-0.4, -0.2) is 61.4 Å². The number of aromatic nitrogens is 2. The van der Waals surface area contributed by atoms with E-state index in [2.05, 4.69) is 20.2 Å². The number of ether oxygens (including phenoxy) is 2. The van der Waals surface area contributed by atoms with Crippen LogP contribution in [0.2, 0.25) is 0 Å². The van der Waals surface area contributed by atoms with Crippen LogP contribution in [-0.2, 0) is 4.74 Å². The van der Waals surface area contributed by atoms with Crippen LogP contribution in [0.1, 0.15) is 0 Å². The lowest BCUT2D eigenvalue weighted by Gasteiger charge is -2.26. The largest absolute Gasteiger partial charge is 0.494 e. The third-order valence-electron chi connectivity index (χ3n) is 3.73. The van der Waals surface area contributed by atoms with Gasteiger partial charge in [0.1, 0.15) is 12.1 Å². The second-order valence-corrected chi connectivity index (χ2v) is 5.11. The number of fused-ring (bicyclic) bond motifs is 1. The van der Waals surface area contributed by atoms with E-state index in [-0.39, 0.29) is 5.75 Å². The minimum absolute atomic E-state index is 0.193. The van der Waals surface area contributed by atoms with Crippen molar-refractivity contribution in [3.63, 3.8) is 0 Å². The minimum Gasteiger partial charge on any atom is -0.494 e.